The van der Waals surface area contributed by atoms with Crippen LogP contribution in [0.25, 0.3) is 82.1 Å². The molecule has 62 heavy (non-hydrogen) atoms. The molecule has 0 aliphatic carbocycles. The summed E-state index contributed by atoms with van der Waals surface area (Å²) in [5, 5.41) is 10.1. The normalized spacial score (nSPS) is 12.4. The van der Waals surface area contributed by atoms with Crippen molar-refractivity contribution in [3.05, 3.63) is 205 Å². The molecule has 0 amide bonds. The van der Waals surface area contributed by atoms with Crippen molar-refractivity contribution in [1.82, 2.24) is 4.57 Å². The Bertz CT molecular complexity index is 3310. The molecule has 0 radical (unpaired) electrons. The van der Waals surface area contributed by atoms with E-state index in [2.05, 4.69) is 245 Å². The fraction of sp³-hybridized carbons (Fsp3) is 0.133. The first kappa shape index (κ1) is 37.8. The molecule has 0 aliphatic rings. The van der Waals surface area contributed by atoms with Gasteiger partial charge in [-0.05, 0) is 126 Å². The molecule has 0 aliphatic heterocycles. The molecule has 0 unspecified atom stereocenters. The quantitative estimate of drug-likeness (QED) is 0.152. The Kier molecular flexibility index (Phi) is 8.67. The summed E-state index contributed by atoms with van der Waals surface area (Å²) in [7, 11) is 0. The zero-order chi connectivity index (χ0) is 42.3. The lowest BCUT2D eigenvalue weighted by Gasteiger charge is -2.28. The zero-order valence-electron chi connectivity index (χ0n) is 36.4. The minimum atomic E-state index is 0.0363. The maximum absolute atomic E-state index is 2.52. The molecule has 2 nitrogen and oxygen atoms in total. The predicted octanol–water partition coefficient (Wildman–Crippen LogP) is 17.1. The summed E-state index contributed by atoms with van der Waals surface area (Å²) in [6.07, 6.45) is 0. The highest BCUT2D eigenvalue weighted by Gasteiger charge is 2.24. The second kappa shape index (κ2) is 14.2. The maximum Gasteiger partial charge on any atom is 0.0541 e. The van der Waals surface area contributed by atoms with Gasteiger partial charge in [-0.2, -0.15) is 0 Å². The lowest BCUT2D eigenvalue weighted by atomic mass is 9.85. The minimum Gasteiger partial charge on any atom is -0.310 e. The average Bonchev–Trinajstić information content (AvgIpc) is 3.62. The summed E-state index contributed by atoms with van der Waals surface area (Å²) in [4.78, 5) is 2.46. The van der Waals surface area contributed by atoms with E-state index in [-0.39, 0.29) is 10.8 Å². The first-order valence-corrected chi connectivity index (χ1v) is 21.9. The van der Waals surface area contributed by atoms with E-state index < -0.39 is 0 Å². The van der Waals surface area contributed by atoms with Gasteiger partial charge >= 0.3 is 0 Å². The van der Waals surface area contributed by atoms with E-state index in [9.17, 15) is 0 Å². The fourth-order valence-corrected chi connectivity index (χ4v) is 9.71. The van der Waals surface area contributed by atoms with Gasteiger partial charge in [0, 0.05) is 32.9 Å². The van der Waals surface area contributed by atoms with E-state index in [1.165, 1.54) is 93.2 Å². The first-order valence-electron chi connectivity index (χ1n) is 21.9. The summed E-state index contributed by atoms with van der Waals surface area (Å²) in [5.74, 6) is 0. The second-order valence-corrected chi connectivity index (χ2v) is 19.1. The Morgan fingerprint density at radius 2 is 0.806 bits per heavy atom. The third kappa shape index (κ3) is 6.24. The van der Waals surface area contributed by atoms with E-state index in [0.29, 0.717) is 0 Å². The maximum atomic E-state index is 2.52. The van der Waals surface area contributed by atoms with Crippen LogP contribution in [0.3, 0.4) is 0 Å². The number of hydrogen-bond donors (Lipinski definition) is 0. The van der Waals surface area contributed by atoms with Gasteiger partial charge in [0.2, 0.25) is 0 Å². The average molecular weight is 799 g/mol. The van der Waals surface area contributed by atoms with Crippen LogP contribution in [-0.4, -0.2) is 4.57 Å². The number of rotatable bonds is 6. The van der Waals surface area contributed by atoms with Gasteiger partial charge in [0.1, 0.15) is 0 Å². The van der Waals surface area contributed by atoms with Crippen LogP contribution < -0.4 is 4.90 Å². The predicted molar refractivity (Wildman–Crippen MR) is 267 cm³/mol. The Morgan fingerprint density at radius 3 is 1.32 bits per heavy atom. The van der Waals surface area contributed by atoms with Crippen molar-refractivity contribution >= 4 is 71.2 Å². The monoisotopic (exact) mass is 798 g/mol. The summed E-state index contributed by atoms with van der Waals surface area (Å²) in [5.41, 5.74) is 14.6. The largest absolute Gasteiger partial charge is 0.310 e. The standard InChI is InChI=1S/C60H50N2/c1-59(2,3)45-27-33-55-51(37-45)52-38-46(60(4,5)6)28-34-56(52)62(55)54-32-26-42-23-29-49-53(31-25-41-24-30-50(54)58(42)57(41)49)61(47-21-13-19-43(35-47)39-15-9-7-10-16-39)48-22-14-20-44(36-48)40-17-11-8-12-18-40/h7-38H,1-6H3. The molecule has 0 N–H and O–H groups in total. The van der Waals surface area contributed by atoms with Crippen LogP contribution in [0.5, 0.6) is 0 Å². The smallest absolute Gasteiger partial charge is 0.0541 e. The van der Waals surface area contributed by atoms with Crippen LogP contribution in [0.4, 0.5) is 17.1 Å². The lowest BCUT2D eigenvalue weighted by Crippen LogP contribution is -2.11. The Labute approximate surface area is 364 Å². The third-order valence-electron chi connectivity index (χ3n) is 13.0. The number of benzene rings is 10. The molecular weight excluding hydrogens is 749 g/mol. The van der Waals surface area contributed by atoms with Crippen LogP contribution >= 0.6 is 0 Å². The van der Waals surface area contributed by atoms with Gasteiger partial charge in [-0.15, -0.1) is 0 Å². The number of anilines is 3. The van der Waals surface area contributed by atoms with E-state index >= 15 is 0 Å². The van der Waals surface area contributed by atoms with Crippen LogP contribution in [-0.2, 0) is 10.8 Å². The van der Waals surface area contributed by atoms with E-state index in [1.807, 2.05) is 0 Å². The molecule has 0 bridgehead atoms. The molecule has 0 fully saturated rings. The molecule has 300 valence electrons. The van der Waals surface area contributed by atoms with Gasteiger partial charge in [-0.3, -0.25) is 0 Å². The Morgan fingerprint density at radius 1 is 0.355 bits per heavy atom. The molecule has 10 aromatic carbocycles. The summed E-state index contributed by atoms with van der Waals surface area (Å²) >= 11 is 0. The van der Waals surface area contributed by atoms with Crippen LogP contribution in [0.2, 0.25) is 0 Å². The SMILES string of the molecule is CC(C)(C)c1ccc2c(c1)c1cc(C(C)(C)C)ccc1n2-c1ccc2ccc3c(N(c4cccc(-c5ccccc5)c4)c4cccc(-c5ccccc5)c4)ccc4ccc1c2c43. The highest BCUT2D eigenvalue weighted by atomic mass is 15.1. The summed E-state index contributed by atoms with van der Waals surface area (Å²) < 4.78 is 2.52. The molecule has 0 spiro atoms. The topological polar surface area (TPSA) is 8.17 Å². The van der Waals surface area contributed by atoms with E-state index in [4.69, 9.17) is 0 Å². The number of aromatic nitrogens is 1. The fourth-order valence-electron chi connectivity index (χ4n) is 9.71. The van der Waals surface area contributed by atoms with Crippen molar-refractivity contribution in [1.29, 1.82) is 0 Å². The highest BCUT2D eigenvalue weighted by molar-refractivity contribution is 6.27. The molecule has 0 saturated carbocycles. The van der Waals surface area contributed by atoms with Crippen molar-refractivity contribution in [3.63, 3.8) is 0 Å². The molecular formula is C60H50N2. The minimum absolute atomic E-state index is 0.0363. The zero-order valence-corrected chi connectivity index (χ0v) is 36.4. The van der Waals surface area contributed by atoms with Crippen molar-refractivity contribution in [2.75, 3.05) is 4.90 Å². The molecule has 2 heteroatoms. The third-order valence-corrected chi connectivity index (χ3v) is 13.0. The summed E-state index contributed by atoms with van der Waals surface area (Å²) in [6, 6.07) is 72.3. The van der Waals surface area contributed by atoms with Crippen molar-refractivity contribution in [2.24, 2.45) is 0 Å². The Hall–Kier alpha value is -7.16. The van der Waals surface area contributed by atoms with Gasteiger partial charge in [0.25, 0.3) is 0 Å². The number of hydrogen-bond acceptors (Lipinski definition) is 1. The van der Waals surface area contributed by atoms with Crippen molar-refractivity contribution in [2.45, 2.75) is 52.4 Å². The van der Waals surface area contributed by atoms with Crippen molar-refractivity contribution in [3.8, 4) is 27.9 Å². The lowest BCUT2D eigenvalue weighted by molar-refractivity contribution is 0.590. The molecule has 11 aromatic rings. The molecule has 0 saturated heterocycles. The van der Waals surface area contributed by atoms with E-state index in [0.717, 1.165) is 17.1 Å². The van der Waals surface area contributed by atoms with Gasteiger partial charge in [-0.25, -0.2) is 0 Å². The van der Waals surface area contributed by atoms with Crippen molar-refractivity contribution < 1.29 is 0 Å². The molecule has 1 heterocycles. The van der Waals surface area contributed by atoms with Gasteiger partial charge in [0.15, 0.2) is 0 Å². The molecule has 0 atom stereocenters. The van der Waals surface area contributed by atoms with Crippen LogP contribution in [0.15, 0.2) is 194 Å². The number of nitrogens with zero attached hydrogens (tertiary/aromatic N) is 2. The first-order chi connectivity index (χ1) is 30.0. The summed E-state index contributed by atoms with van der Waals surface area (Å²) in [6.45, 7) is 13.9. The van der Waals surface area contributed by atoms with Gasteiger partial charge in [0.05, 0.1) is 22.4 Å². The highest BCUT2D eigenvalue weighted by Crippen LogP contribution is 2.47. The molecule has 1 aromatic heterocycles. The van der Waals surface area contributed by atoms with Crippen LogP contribution in [0.1, 0.15) is 52.7 Å². The van der Waals surface area contributed by atoms with E-state index in [1.54, 1.807) is 0 Å². The van der Waals surface area contributed by atoms with Gasteiger partial charge < -0.3 is 9.47 Å². The van der Waals surface area contributed by atoms with Gasteiger partial charge in [-0.1, -0.05) is 175 Å². The number of fused-ring (bicyclic) bond motifs is 3. The Balaban J connectivity index is 1.17. The molecule has 11 rings (SSSR count). The second-order valence-electron chi connectivity index (χ2n) is 19.1. The van der Waals surface area contributed by atoms with Crippen LogP contribution in [0, 0.1) is 0 Å².